The zero-order valence-corrected chi connectivity index (χ0v) is 23.5. The molecule has 0 heterocycles. The van der Waals surface area contributed by atoms with Gasteiger partial charge in [-0.1, -0.05) is 41.9 Å². The standard InChI is InChI=1S/C28H26ClN3O5S2/c1-20-5-3-7-25(17-20)31-39(36,37)27-15-13-24(14-16-27)30-28(33)22-11-9-21(10-12-22)19-32(38(2,34)35)26-8-4-6-23(29)18-26/h3-18,31H,19H2,1-2H3,(H,30,33). The maximum absolute atomic E-state index is 12.8. The van der Waals surface area contributed by atoms with Gasteiger partial charge in [-0.3, -0.25) is 13.8 Å². The molecule has 0 aromatic heterocycles. The molecule has 4 rings (SSSR count). The molecule has 2 N–H and O–H groups in total. The Morgan fingerprint density at radius 3 is 2.10 bits per heavy atom. The molecule has 39 heavy (non-hydrogen) atoms. The third kappa shape index (κ3) is 7.38. The van der Waals surface area contributed by atoms with Crippen molar-refractivity contribution < 1.29 is 21.6 Å². The Balaban J connectivity index is 1.42. The first-order valence-electron chi connectivity index (χ1n) is 11.7. The smallest absolute Gasteiger partial charge is 0.261 e. The van der Waals surface area contributed by atoms with Crippen LogP contribution in [0.5, 0.6) is 0 Å². The maximum Gasteiger partial charge on any atom is 0.261 e. The molecule has 0 bridgehead atoms. The lowest BCUT2D eigenvalue weighted by atomic mass is 10.1. The Kier molecular flexibility index (Phi) is 8.29. The third-order valence-corrected chi connectivity index (χ3v) is 8.50. The number of nitrogens with one attached hydrogen (secondary N) is 2. The molecule has 4 aromatic carbocycles. The van der Waals surface area contributed by atoms with Crippen molar-refractivity contribution in [2.24, 2.45) is 0 Å². The lowest BCUT2D eigenvalue weighted by molar-refractivity contribution is 0.102. The fourth-order valence-electron chi connectivity index (χ4n) is 3.80. The Labute approximate surface area is 233 Å². The van der Waals surface area contributed by atoms with E-state index in [1.165, 1.54) is 28.6 Å². The first-order chi connectivity index (χ1) is 18.4. The zero-order chi connectivity index (χ0) is 28.2. The Hall–Kier alpha value is -3.86. The fraction of sp³-hybridized carbons (Fsp3) is 0.107. The molecule has 0 atom stereocenters. The van der Waals surface area contributed by atoms with Gasteiger partial charge in [0, 0.05) is 22.0 Å². The summed E-state index contributed by atoms with van der Waals surface area (Å²) in [6.07, 6.45) is 1.12. The summed E-state index contributed by atoms with van der Waals surface area (Å²) in [7, 11) is -7.38. The average molecular weight is 584 g/mol. The second-order valence-electron chi connectivity index (χ2n) is 8.90. The van der Waals surface area contributed by atoms with E-state index in [9.17, 15) is 21.6 Å². The first kappa shape index (κ1) is 28.2. The van der Waals surface area contributed by atoms with Crippen molar-refractivity contribution in [3.05, 3.63) is 119 Å². The summed E-state index contributed by atoms with van der Waals surface area (Å²) in [4.78, 5) is 12.8. The van der Waals surface area contributed by atoms with E-state index in [-0.39, 0.29) is 11.4 Å². The quantitative estimate of drug-likeness (QED) is 0.264. The molecule has 0 spiro atoms. The van der Waals surface area contributed by atoms with E-state index >= 15 is 0 Å². The predicted octanol–water partition coefficient (Wildman–Crippen LogP) is 5.67. The molecule has 11 heteroatoms. The number of amides is 1. The summed E-state index contributed by atoms with van der Waals surface area (Å²) < 4.78 is 54.0. The number of hydrogen-bond acceptors (Lipinski definition) is 5. The minimum absolute atomic E-state index is 0.0569. The normalized spacial score (nSPS) is 11.6. The Morgan fingerprint density at radius 2 is 1.49 bits per heavy atom. The molecule has 0 saturated heterocycles. The van der Waals surface area contributed by atoms with Gasteiger partial charge in [0.2, 0.25) is 10.0 Å². The van der Waals surface area contributed by atoms with E-state index in [1.807, 2.05) is 13.0 Å². The van der Waals surface area contributed by atoms with Crippen LogP contribution in [0.4, 0.5) is 17.1 Å². The second kappa shape index (κ2) is 11.5. The van der Waals surface area contributed by atoms with Crippen LogP contribution < -0.4 is 14.3 Å². The zero-order valence-electron chi connectivity index (χ0n) is 21.1. The van der Waals surface area contributed by atoms with Crippen LogP contribution in [0.15, 0.2) is 102 Å². The second-order valence-corrected chi connectivity index (χ2v) is 12.9. The van der Waals surface area contributed by atoms with E-state index in [0.717, 1.165) is 11.8 Å². The van der Waals surface area contributed by atoms with Crippen LogP contribution in [0.2, 0.25) is 5.02 Å². The number of carbonyl (C=O) groups is 1. The van der Waals surface area contributed by atoms with Crippen LogP contribution >= 0.6 is 11.6 Å². The van der Waals surface area contributed by atoms with E-state index in [0.29, 0.717) is 33.2 Å². The van der Waals surface area contributed by atoms with Gasteiger partial charge in [0.1, 0.15) is 0 Å². The minimum Gasteiger partial charge on any atom is -0.322 e. The fourth-order valence-corrected chi connectivity index (χ4v) is 5.92. The molecule has 0 unspecified atom stereocenters. The molecule has 202 valence electrons. The highest BCUT2D eigenvalue weighted by Gasteiger charge is 2.19. The number of carbonyl (C=O) groups excluding carboxylic acids is 1. The molecule has 0 saturated carbocycles. The van der Waals surface area contributed by atoms with Gasteiger partial charge >= 0.3 is 0 Å². The number of halogens is 1. The summed E-state index contributed by atoms with van der Waals surface area (Å²) in [5.41, 5.74) is 3.27. The molecule has 8 nitrogen and oxygen atoms in total. The van der Waals surface area contributed by atoms with Crippen LogP contribution in [-0.2, 0) is 26.6 Å². The minimum atomic E-state index is -3.79. The largest absolute Gasteiger partial charge is 0.322 e. The maximum atomic E-state index is 12.8. The predicted molar refractivity (Wildman–Crippen MR) is 155 cm³/mol. The lowest BCUT2D eigenvalue weighted by Crippen LogP contribution is -2.29. The van der Waals surface area contributed by atoms with Crippen molar-refractivity contribution >= 4 is 54.6 Å². The molecule has 1 amide bonds. The molecular weight excluding hydrogens is 558 g/mol. The number of nitrogens with zero attached hydrogens (tertiary/aromatic N) is 1. The number of hydrogen-bond donors (Lipinski definition) is 2. The molecule has 0 fully saturated rings. The molecule has 0 aliphatic carbocycles. The number of sulfonamides is 2. The monoisotopic (exact) mass is 583 g/mol. The number of benzene rings is 4. The van der Waals surface area contributed by atoms with Crippen molar-refractivity contribution in [3.8, 4) is 0 Å². The van der Waals surface area contributed by atoms with Crippen LogP contribution in [0.1, 0.15) is 21.5 Å². The highest BCUT2D eigenvalue weighted by Crippen LogP contribution is 2.24. The number of rotatable bonds is 9. The summed E-state index contributed by atoms with van der Waals surface area (Å²) in [6, 6.07) is 25.9. The van der Waals surface area contributed by atoms with Gasteiger partial charge < -0.3 is 5.32 Å². The van der Waals surface area contributed by atoms with Crippen molar-refractivity contribution in [2.45, 2.75) is 18.4 Å². The van der Waals surface area contributed by atoms with Gasteiger partial charge in [-0.05, 0) is 84.8 Å². The van der Waals surface area contributed by atoms with Gasteiger partial charge in [0.15, 0.2) is 0 Å². The molecule has 0 aliphatic rings. The van der Waals surface area contributed by atoms with Crippen molar-refractivity contribution in [1.29, 1.82) is 0 Å². The van der Waals surface area contributed by atoms with Crippen molar-refractivity contribution in [2.75, 3.05) is 20.6 Å². The topological polar surface area (TPSA) is 113 Å². The highest BCUT2D eigenvalue weighted by atomic mass is 35.5. The number of anilines is 3. The molecular formula is C28H26ClN3O5S2. The third-order valence-electron chi connectivity index (χ3n) is 5.73. The van der Waals surface area contributed by atoms with Gasteiger partial charge in [-0.2, -0.15) is 0 Å². The average Bonchev–Trinajstić information content (AvgIpc) is 2.87. The Bertz CT molecular complexity index is 1710. The van der Waals surface area contributed by atoms with Crippen molar-refractivity contribution in [3.63, 3.8) is 0 Å². The molecule has 0 aliphatic heterocycles. The van der Waals surface area contributed by atoms with Crippen LogP contribution in [-0.4, -0.2) is 29.0 Å². The van der Waals surface area contributed by atoms with Gasteiger partial charge in [-0.15, -0.1) is 0 Å². The van der Waals surface area contributed by atoms with Crippen LogP contribution in [0.3, 0.4) is 0 Å². The van der Waals surface area contributed by atoms with E-state index in [1.54, 1.807) is 66.7 Å². The summed E-state index contributed by atoms with van der Waals surface area (Å²) in [6.45, 7) is 1.93. The summed E-state index contributed by atoms with van der Waals surface area (Å²) in [5.74, 6) is -0.398. The van der Waals surface area contributed by atoms with Gasteiger partial charge in [-0.25, -0.2) is 16.8 Å². The molecule has 4 aromatic rings. The summed E-state index contributed by atoms with van der Waals surface area (Å²) >= 11 is 6.03. The summed E-state index contributed by atoms with van der Waals surface area (Å²) in [5, 5.41) is 3.15. The van der Waals surface area contributed by atoms with Crippen LogP contribution in [0, 0.1) is 6.92 Å². The van der Waals surface area contributed by atoms with E-state index in [4.69, 9.17) is 11.6 Å². The SMILES string of the molecule is Cc1cccc(NS(=O)(=O)c2ccc(NC(=O)c3ccc(CN(c4cccc(Cl)c4)S(C)(=O)=O)cc3)cc2)c1. The first-order valence-corrected chi connectivity index (χ1v) is 15.4. The lowest BCUT2D eigenvalue weighted by Gasteiger charge is -2.22. The Morgan fingerprint density at radius 1 is 0.821 bits per heavy atom. The van der Waals surface area contributed by atoms with E-state index in [2.05, 4.69) is 10.0 Å². The van der Waals surface area contributed by atoms with Crippen LogP contribution in [0.25, 0.3) is 0 Å². The number of aryl methyl sites for hydroxylation is 1. The van der Waals surface area contributed by atoms with Gasteiger partial charge in [0.05, 0.1) is 23.4 Å². The van der Waals surface area contributed by atoms with Gasteiger partial charge in [0.25, 0.3) is 15.9 Å². The highest BCUT2D eigenvalue weighted by molar-refractivity contribution is 7.92. The molecule has 0 radical (unpaired) electrons. The van der Waals surface area contributed by atoms with Crippen molar-refractivity contribution in [1.82, 2.24) is 0 Å². The van der Waals surface area contributed by atoms with E-state index < -0.39 is 26.0 Å².